The van der Waals surface area contributed by atoms with E-state index in [2.05, 4.69) is 9.98 Å². The Labute approximate surface area is 80.5 Å². The standard InChI is InChI=1S/C7H11ClN4O/c1-2-3-10-7-11-5(8)4-6(9)12(7)13/h4,13H,2-3,9H2,1H3. The van der Waals surface area contributed by atoms with Crippen molar-refractivity contribution in [3.63, 3.8) is 0 Å². The number of rotatable bonds is 2. The highest BCUT2D eigenvalue weighted by atomic mass is 35.5. The van der Waals surface area contributed by atoms with Crippen molar-refractivity contribution >= 4 is 17.4 Å². The van der Waals surface area contributed by atoms with E-state index in [1.54, 1.807) is 0 Å². The second-order valence-corrected chi connectivity index (χ2v) is 2.88. The Kier molecular flexibility index (Phi) is 3.13. The molecule has 0 aliphatic carbocycles. The zero-order chi connectivity index (χ0) is 9.84. The maximum absolute atomic E-state index is 9.33. The van der Waals surface area contributed by atoms with Gasteiger partial charge in [-0.1, -0.05) is 18.5 Å². The molecule has 5 nitrogen and oxygen atoms in total. The Bertz CT molecular complexity index is 360. The van der Waals surface area contributed by atoms with E-state index < -0.39 is 0 Å². The molecule has 0 radical (unpaired) electrons. The van der Waals surface area contributed by atoms with Crippen LogP contribution in [-0.4, -0.2) is 21.5 Å². The van der Waals surface area contributed by atoms with Gasteiger partial charge in [-0.3, -0.25) is 0 Å². The van der Waals surface area contributed by atoms with Crippen LogP contribution < -0.4 is 11.4 Å². The predicted molar refractivity (Wildman–Crippen MR) is 49.6 cm³/mol. The molecule has 3 N–H and O–H groups in total. The smallest absolute Gasteiger partial charge is 0.261 e. The Balaban J connectivity index is 3.20. The van der Waals surface area contributed by atoms with Crippen molar-refractivity contribution in [2.75, 3.05) is 12.3 Å². The van der Waals surface area contributed by atoms with Crippen molar-refractivity contribution in [3.8, 4) is 0 Å². The molecule has 0 saturated carbocycles. The lowest BCUT2D eigenvalue weighted by molar-refractivity contribution is 0.173. The van der Waals surface area contributed by atoms with Gasteiger partial charge in [-0.05, 0) is 6.42 Å². The van der Waals surface area contributed by atoms with Crippen LogP contribution in [0.4, 0.5) is 5.82 Å². The lowest BCUT2D eigenvalue weighted by atomic mass is 10.5. The maximum Gasteiger partial charge on any atom is 0.261 e. The summed E-state index contributed by atoms with van der Waals surface area (Å²) in [6, 6.07) is 1.35. The molecule has 13 heavy (non-hydrogen) atoms. The van der Waals surface area contributed by atoms with Crippen molar-refractivity contribution in [3.05, 3.63) is 16.8 Å². The number of aromatic nitrogens is 2. The van der Waals surface area contributed by atoms with Crippen molar-refractivity contribution in [2.45, 2.75) is 13.3 Å². The first-order valence-electron chi connectivity index (χ1n) is 3.90. The highest BCUT2D eigenvalue weighted by Gasteiger charge is 1.99. The van der Waals surface area contributed by atoms with Gasteiger partial charge >= 0.3 is 0 Å². The molecule has 1 aromatic heterocycles. The summed E-state index contributed by atoms with van der Waals surface area (Å²) in [6.07, 6.45) is 0.869. The van der Waals surface area contributed by atoms with E-state index >= 15 is 0 Å². The molecule has 0 spiro atoms. The third-order valence-electron chi connectivity index (χ3n) is 1.38. The molecule has 1 aromatic rings. The number of nitrogen functional groups attached to an aromatic ring is 1. The largest absolute Gasteiger partial charge is 0.423 e. The molecule has 0 atom stereocenters. The Hall–Kier alpha value is -1.23. The zero-order valence-corrected chi connectivity index (χ0v) is 7.99. The molecule has 0 unspecified atom stereocenters. The van der Waals surface area contributed by atoms with Crippen LogP contribution >= 0.6 is 11.6 Å². The van der Waals surface area contributed by atoms with E-state index in [9.17, 15) is 5.21 Å². The van der Waals surface area contributed by atoms with Crippen LogP contribution in [0.15, 0.2) is 11.1 Å². The molecule has 0 aliphatic rings. The van der Waals surface area contributed by atoms with Gasteiger partial charge in [0.15, 0.2) is 0 Å². The fraction of sp³-hybridized carbons (Fsp3) is 0.429. The summed E-state index contributed by atoms with van der Waals surface area (Å²) in [6.45, 7) is 2.55. The maximum atomic E-state index is 9.33. The molecule has 0 aromatic carbocycles. The first-order chi connectivity index (χ1) is 6.15. The molecule has 6 heteroatoms. The fourth-order valence-corrected chi connectivity index (χ4v) is 0.975. The SMILES string of the molecule is CCCN=c1nc(Cl)cc(N)n1O. The third kappa shape index (κ3) is 2.35. The number of nitrogens with two attached hydrogens (primary N) is 1. The number of hydrogen-bond donors (Lipinski definition) is 2. The summed E-state index contributed by atoms with van der Waals surface area (Å²) in [4.78, 5) is 7.79. The summed E-state index contributed by atoms with van der Waals surface area (Å²) in [5.74, 6) is 0.120. The molecule has 1 heterocycles. The average Bonchev–Trinajstić information content (AvgIpc) is 2.09. The van der Waals surface area contributed by atoms with E-state index in [1.165, 1.54) is 6.07 Å². The first kappa shape index (κ1) is 9.85. The number of anilines is 1. The molecular weight excluding hydrogens is 192 g/mol. The Morgan fingerprint density at radius 2 is 2.46 bits per heavy atom. The van der Waals surface area contributed by atoms with Crippen molar-refractivity contribution in [2.24, 2.45) is 4.99 Å². The number of nitrogens with zero attached hydrogens (tertiary/aromatic N) is 3. The molecule has 0 bridgehead atoms. The van der Waals surface area contributed by atoms with E-state index in [4.69, 9.17) is 17.3 Å². The van der Waals surface area contributed by atoms with Gasteiger partial charge in [0.25, 0.3) is 5.62 Å². The monoisotopic (exact) mass is 202 g/mol. The van der Waals surface area contributed by atoms with Gasteiger partial charge in [0.2, 0.25) is 0 Å². The molecule has 72 valence electrons. The summed E-state index contributed by atoms with van der Waals surface area (Å²) in [7, 11) is 0. The van der Waals surface area contributed by atoms with E-state index in [-0.39, 0.29) is 16.6 Å². The van der Waals surface area contributed by atoms with E-state index in [1.807, 2.05) is 6.92 Å². The molecule has 1 rings (SSSR count). The average molecular weight is 203 g/mol. The van der Waals surface area contributed by atoms with E-state index in [0.29, 0.717) is 11.3 Å². The zero-order valence-electron chi connectivity index (χ0n) is 7.24. The predicted octanol–water partition coefficient (Wildman–Crippen LogP) is 0.667. The van der Waals surface area contributed by atoms with Crippen LogP contribution in [-0.2, 0) is 0 Å². The summed E-state index contributed by atoms with van der Waals surface area (Å²) >= 11 is 5.63. The van der Waals surface area contributed by atoms with Gasteiger partial charge in [0.1, 0.15) is 11.0 Å². The number of halogens is 1. The van der Waals surface area contributed by atoms with Crippen molar-refractivity contribution in [1.29, 1.82) is 0 Å². The highest BCUT2D eigenvalue weighted by Crippen LogP contribution is 2.04. The van der Waals surface area contributed by atoms with Gasteiger partial charge in [-0.25, -0.2) is 4.99 Å². The quantitative estimate of drug-likeness (QED) is 0.547. The molecule has 0 aliphatic heterocycles. The van der Waals surface area contributed by atoms with Crippen LogP contribution in [0, 0.1) is 0 Å². The van der Waals surface area contributed by atoms with Crippen LogP contribution in [0.5, 0.6) is 0 Å². The van der Waals surface area contributed by atoms with Crippen molar-refractivity contribution < 1.29 is 5.21 Å². The molecule has 0 fully saturated rings. The minimum Gasteiger partial charge on any atom is -0.423 e. The van der Waals surface area contributed by atoms with E-state index in [0.717, 1.165) is 6.42 Å². The van der Waals surface area contributed by atoms with Gasteiger partial charge < -0.3 is 10.9 Å². The summed E-state index contributed by atoms with van der Waals surface area (Å²) in [5, 5.41) is 9.55. The Morgan fingerprint density at radius 1 is 1.77 bits per heavy atom. The van der Waals surface area contributed by atoms with Gasteiger partial charge in [-0.15, -0.1) is 4.73 Å². The lowest BCUT2D eigenvalue weighted by Gasteiger charge is -2.01. The topological polar surface area (TPSA) is 76.4 Å². The third-order valence-corrected chi connectivity index (χ3v) is 1.58. The lowest BCUT2D eigenvalue weighted by Crippen LogP contribution is -2.25. The van der Waals surface area contributed by atoms with Crippen LogP contribution in [0.2, 0.25) is 5.15 Å². The van der Waals surface area contributed by atoms with Crippen molar-refractivity contribution in [1.82, 2.24) is 9.71 Å². The van der Waals surface area contributed by atoms with Crippen LogP contribution in [0.3, 0.4) is 0 Å². The highest BCUT2D eigenvalue weighted by molar-refractivity contribution is 6.29. The normalized spacial score (nSPS) is 12.0. The molecular formula is C7H11ClN4O. The minimum atomic E-state index is 0.120. The second kappa shape index (κ2) is 4.13. The van der Waals surface area contributed by atoms with Crippen LogP contribution in [0.25, 0.3) is 0 Å². The van der Waals surface area contributed by atoms with Crippen LogP contribution in [0.1, 0.15) is 13.3 Å². The fourth-order valence-electron chi connectivity index (χ4n) is 0.788. The molecule has 0 saturated heterocycles. The Morgan fingerprint density at radius 3 is 3.08 bits per heavy atom. The summed E-state index contributed by atoms with van der Waals surface area (Å²) in [5.41, 5.74) is 5.55. The number of hydrogen-bond acceptors (Lipinski definition) is 4. The molecule has 0 amide bonds. The second-order valence-electron chi connectivity index (χ2n) is 2.50. The van der Waals surface area contributed by atoms with Gasteiger partial charge in [0, 0.05) is 12.6 Å². The van der Waals surface area contributed by atoms with Gasteiger partial charge in [0.05, 0.1) is 0 Å². The van der Waals surface area contributed by atoms with Gasteiger partial charge in [-0.2, -0.15) is 4.98 Å². The minimum absolute atomic E-state index is 0.120. The first-order valence-corrected chi connectivity index (χ1v) is 4.27. The summed E-state index contributed by atoms with van der Waals surface area (Å²) < 4.78 is 0.710.